The molecule has 6 heteroatoms. The minimum atomic E-state index is -3.47. The van der Waals surface area contributed by atoms with Crippen LogP contribution in [0.5, 0.6) is 0 Å². The molecule has 5 nitrogen and oxygen atoms in total. The third-order valence-electron chi connectivity index (χ3n) is 4.15. The topological polar surface area (TPSA) is 66.5 Å². The van der Waals surface area contributed by atoms with E-state index in [1.54, 1.807) is 19.2 Å². The second-order valence-corrected chi connectivity index (χ2v) is 7.94. The van der Waals surface area contributed by atoms with Crippen LogP contribution in [0.4, 0.5) is 0 Å². The highest BCUT2D eigenvalue weighted by atomic mass is 32.2. The number of amides is 1. The van der Waals surface area contributed by atoms with Crippen LogP contribution in [0.1, 0.15) is 28.8 Å². The van der Waals surface area contributed by atoms with Crippen molar-refractivity contribution in [3.63, 3.8) is 0 Å². The Morgan fingerprint density at radius 3 is 2.29 bits per heavy atom. The number of hydrogen-bond acceptors (Lipinski definition) is 3. The first-order valence-electron chi connectivity index (χ1n) is 7.89. The summed E-state index contributed by atoms with van der Waals surface area (Å²) in [5, 5.41) is 2.83. The summed E-state index contributed by atoms with van der Waals surface area (Å²) < 4.78 is 26.3. The van der Waals surface area contributed by atoms with Crippen molar-refractivity contribution >= 4 is 15.9 Å². The predicted molar refractivity (Wildman–Crippen MR) is 92.0 cm³/mol. The molecule has 0 aliphatic heterocycles. The maximum atomic E-state index is 12.4. The van der Waals surface area contributed by atoms with Crippen molar-refractivity contribution in [2.24, 2.45) is 0 Å². The monoisotopic (exact) mass is 344 g/mol. The molecule has 0 aromatic heterocycles. The molecule has 0 radical (unpaired) electrons. The van der Waals surface area contributed by atoms with Gasteiger partial charge < -0.3 is 5.32 Å². The Kier molecular flexibility index (Phi) is 4.69. The standard InChI is InChI=1S/C18H20N2O3S/c1-20(16-9-10-16)24(22,23)17-11-7-15(8-12-17)18(21)19-13-14-5-3-2-4-6-14/h2-8,11-12,16H,9-10,13H2,1H3,(H,19,21). The summed E-state index contributed by atoms with van der Waals surface area (Å²) in [6.07, 6.45) is 1.82. The van der Waals surface area contributed by atoms with E-state index < -0.39 is 10.0 Å². The molecule has 0 atom stereocenters. The summed E-state index contributed by atoms with van der Waals surface area (Å²) in [6.45, 7) is 0.435. The summed E-state index contributed by atoms with van der Waals surface area (Å²) in [5.41, 5.74) is 1.45. The van der Waals surface area contributed by atoms with Crippen LogP contribution in [0, 0.1) is 0 Å². The number of benzene rings is 2. The van der Waals surface area contributed by atoms with Gasteiger partial charge in [0.15, 0.2) is 0 Å². The number of carbonyl (C=O) groups excluding carboxylic acids is 1. The van der Waals surface area contributed by atoms with Gasteiger partial charge in [0.1, 0.15) is 0 Å². The Bertz CT molecular complexity index is 813. The fourth-order valence-electron chi connectivity index (χ4n) is 2.46. The van der Waals surface area contributed by atoms with E-state index in [1.165, 1.54) is 16.4 Å². The summed E-state index contributed by atoms with van der Waals surface area (Å²) in [7, 11) is -1.87. The van der Waals surface area contributed by atoms with Crippen molar-refractivity contribution in [2.45, 2.75) is 30.3 Å². The van der Waals surface area contributed by atoms with Gasteiger partial charge >= 0.3 is 0 Å². The normalized spacial score (nSPS) is 14.6. The molecule has 1 saturated carbocycles. The smallest absolute Gasteiger partial charge is 0.251 e. The van der Waals surface area contributed by atoms with Crippen LogP contribution < -0.4 is 5.32 Å². The van der Waals surface area contributed by atoms with Gasteiger partial charge in [-0.05, 0) is 42.7 Å². The lowest BCUT2D eigenvalue weighted by molar-refractivity contribution is 0.0951. The Hall–Kier alpha value is -2.18. The largest absolute Gasteiger partial charge is 0.348 e. The van der Waals surface area contributed by atoms with Crippen LogP contribution in [-0.4, -0.2) is 31.7 Å². The van der Waals surface area contributed by atoms with Crippen molar-refractivity contribution < 1.29 is 13.2 Å². The van der Waals surface area contributed by atoms with Gasteiger partial charge in [-0.1, -0.05) is 30.3 Å². The van der Waals surface area contributed by atoms with Gasteiger partial charge in [0.05, 0.1) is 4.90 Å². The fourth-order valence-corrected chi connectivity index (χ4v) is 3.88. The lowest BCUT2D eigenvalue weighted by Gasteiger charge is -2.16. The van der Waals surface area contributed by atoms with Gasteiger partial charge in [-0.25, -0.2) is 8.42 Å². The minimum absolute atomic E-state index is 0.115. The Morgan fingerprint density at radius 1 is 1.08 bits per heavy atom. The van der Waals surface area contributed by atoms with Crippen molar-refractivity contribution in [3.8, 4) is 0 Å². The average Bonchev–Trinajstić information content (AvgIpc) is 3.45. The van der Waals surface area contributed by atoms with Crippen LogP contribution in [0.2, 0.25) is 0 Å². The van der Waals surface area contributed by atoms with E-state index in [1.807, 2.05) is 30.3 Å². The Balaban J connectivity index is 1.66. The number of carbonyl (C=O) groups is 1. The van der Waals surface area contributed by atoms with Crippen molar-refractivity contribution in [3.05, 3.63) is 65.7 Å². The summed E-state index contributed by atoms with van der Waals surface area (Å²) in [4.78, 5) is 12.4. The molecule has 0 heterocycles. The number of nitrogens with zero attached hydrogens (tertiary/aromatic N) is 1. The molecule has 1 amide bonds. The zero-order chi connectivity index (χ0) is 17.2. The lowest BCUT2D eigenvalue weighted by atomic mass is 10.2. The van der Waals surface area contributed by atoms with Gasteiger partial charge in [-0.2, -0.15) is 4.31 Å². The zero-order valence-corrected chi connectivity index (χ0v) is 14.3. The van der Waals surface area contributed by atoms with E-state index in [-0.39, 0.29) is 16.8 Å². The number of sulfonamides is 1. The molecule has 2 aromatic rings. The molecule has 126 valence electrons. The van der Waals surface area contributed by atoms with Gasteiger partial charge in [-0.3, -0.25) is 4.79 Å². The highest BCUT2D eigenvalue weighted by Gasteiger charge is 2.34. The molecule has 1 aliphatic rings. The van der Waals surface area contributed by atoms with Crippen LogP contribution in [0.3, 0.4) is 0 Å². The molecule has 0 saturated heterocycles. The second kappa shape index (κ2) is 6.75. The third-order valence-corrected chi connectivity index (χ3v) is 6.07. The van der Waals surface area contributed by atoms with Crippen molar-refractivity contribution in [1.29, 1.82) is 0 Å². The highest BCUT2D eigenvalue weighted by Crippen LogP contribution is 2.30. The van der Waals surface area contributed by atoms with Crippen LogP contribution in [-0.2, 0) is 16.6 Å². The summed E-state index contributed by atoms with van der Waals surface area (Å²) in [5.74, 6) is -0.224. The van der Waals surface area contributed by atoms with E-state index in [4.69, 9.17) is 0 Å². The SMILES string of the molecule is CN(C1CC1)S(=O)(=O)c1ccc(C(=O)NCc2ccccc2)cc1. The average molecular weight is 344 g/mol. The highest BCUT2D eigenvalue weighted by molar-refractivity contribution is 7.89. The van der Waals surface area contributed by atoms with E-state index in [0.717, 1.165) is 18.4 Å². The van der Waals surface area contributed by atoms with Crippen LogP contribution >= 0.6 is 0 Å². The van der Waals surface area contributed by atoms with Crippen LogP contribution in [0.15, 0.2) is 59.5 Å². The van der Waals surface area contributed by atoms with Crippen molar-refractivity contribution in [1.82, 2.24) is 9.62 Å². The first kappa shape index (κ1) is 16.7. The molecular weight excluding hydrogens is 324 g/mol. The fraction of sp³-hybridized carbons (Fsp3) is 0.278. The number of hydrogen-bond donors (Lipinski definition) is 1. The third kappa shape index (κ3) is 3.66. The molecule has 0 bridgehead atoms. The molecule has 0 spiro atoms. The first-order chi connectivity index (χ1) is 11.5. The molecule has 3 rings (SSSR count). The Labute approximate surface area is 142 Å². The molecule has 24 heavy (non-hydrogen) atoms. The maximum absolute atomic E-state index is 12.4. The predicted octanol–water partition coefficient (Wildman–Crippen LogP) is 2.40. The zero-order valence-electron chi connectivity index (χ0n) is 13.5. The molecule has 0 unspecified atom stereocenters. The molecule has 1 aliphatic carbocycles. The Morgan fingerprint density at radius 2 is 1.71 bits per heavy atom. The quantitative estimate of drug-likeness (QED) is 0.875. The van der Waals surface area contributed by atoms with Crippen molar-refractivity contribution in [2.75, 3.05) is 7.05 Å². The van der Waals surface area contributed by atoms with Gasteiger partial charge in [0, 0.05) is 25.2 Å². The molecule has 2 aromatic carbocycles. The number of rotatable bonds is 6. The van der Waals surface area contributed by atoms with Crippen LogP contribution in [0.25, 0.3) is 0 Å². The van der Waals surface area contributed by atoms with E-state index in [2.05, 4.69) is 5.32 Å². The maximum Gasteiger partial charge on any atom is 0.251 e. The molecular formula is C18H20N2O3S. The van der Waals surface area contributed by atoms with Gasteiger partial charge in [-0.15, -0.1) is 0 Å². The molecule has 1 N–H and O–H groups in total. The number of nitrogens with one attached hydrogen (secondary N) is 1. The van der Waals surface area contributed by atoms with Gasteiger partial charge in [0.2, 0.25) is 10.0 Å². The molecule has 1 fully saturated rings. The summed E-state index contributed by atoms with van der Waals surface area (Å²) >= 11 is 0. The minimum Gasteiger partial charge on any atom is -0.348 e. The first-order valence-corrected chi connectivity index (χ1v) is 9.33. The van der Waals surface area contributed by atoms with Gasteiger partial charge in [0.25, 0.3) is 5.91 Å². The summed E-state index contributed by atoms with van der Waals surface area (Å²) in [6, 6.07) is 15.8. The van der Waals surface area contributed by atoms with E-state index in [9.17, 15) is 13.2 Å². The van der Waals surface area contributed by atoms with E-state index >= 15 is 0 Å². The van der Waals surface area contributed by atoms with E-state index in [0.29, 0.717) is 12.1 Å². The second-order valence-electron chi connectivity index (χ2n) is 5.95. The lowest BCUT2D eigenvalue weighted by Crippen LogP contribution is -2.29.